The molecule has 0 saturated heterocycles. The molecule has 0 bridgehead atoms. The summed E-state index contributed by atoms with van der Waals surface area (Å²) in [6.45, 7) is 4.53. The Morgan fingerprint density at radius 3 is 2.40 bits per heavy atom. The first kappa shape index (κ1) is 28.9. The highest BCUT2D eigenvalue weighted by molar-refractivity contribution is 7.92. The van der Waals surface area contributed by atoms with Gasteiger partial charge in [0.25, 0.3) is 0 Å². The van der Waals surface area contributed by atoms with Crippen molar-refractivity contribution in [1.82, 2.24) is 10.2 Å². The van der Waals surface area contributed by atoms with E-state index in [1.54, 1.807) is 43.3 Å². The number of hydrogen-bond donors (Lipinski definition) is 1. The van der Waals surface area contributed by atoms with Gasteiger partial charge in [0.05, 0.1) is 11.9 Å². The van der Waals surface area contributed by atoms with Crippen molar-refractivity contribution in [2.24, 2.45) is 0 Å². The summed E-state index contributed by atoms with van der Waals surface area (Å²) in [5.74, 6) is -0.502. The lowest BCUT2D eigenvalue weighted by atomic mass is 10.1. The Bertz CT molecular complexity index is 1110. The number of rotatable bonds is 13. The van der Waals surface area contributed by atoms with Crippen LogP contribution in [0, 0.1) is 0 Å². The van der Waals surface area contributed by atoms with E-state index < -0.39 is 16.1 Å². The third-order valence-corrected chi connectivity index (χ3v) is 7.34. The molecule has 7 nitrogen and oxygen atoms in total. The Balaban J connectivity index is 2.15. The third kappa shape index (κ3) is 9.02. The summed E-state index contributed by atoms with van der Waals surface area (Å²) in [4.78, 5) is 27.5. The molecule has 10 heteroatoms. The van der Waals surface area contributed by atoms with E-state index in [1.807, 2.05) is 19.1 Å². The molecular formula is C25H33Cl2N3O4S. The van der Waals surface area contributed by atoms with Crippen LogP contribution in [0.5, 0.6) is 0 Å². The number of sulfonamides is 1. The summed E-state index contributed by atoms with van der Waals surface area (Å²) >= 11 is 12.3. The number of hydrogen-bond acceptors (Lipinski definition) is 4. The molecule has 0 aliphatic carbocycles. The van der Waals surface area contributed by atoms with Crippen LogP contribution < -0.4 is 9.62 Å². The fourth-order valence-electron chi connectivity index (χ4n) is 3.56. The standard InChI is InChI=1S/C25H33Cl2N3O4S/c1-4-5-15-28-25(32)19(2)29(18-20-10-6-7-13-23(20)27)24(31)14-9-16-30(35(3,33)34)22-12-8-11-21(26)17-22/h6-8,10-13,17,19H,4-5,9,14-16,18H2,1-3H3,(H,28,32)/t19-/m0/s1. The summed E-state index contributed by atoms with van der Waals surface area (Å²) in [5, 5.41) is 3.80. The van der Waals surface area contributed by atoms with Gasteiger partial charge in [-0.2, -0.15) is 0 Å². The predicted molar refractivity (Wildman–Crippen MR) is 142 cm³/mol. The Hall–Kier alpha value is -2.29. The molecule has 0 aromatic heterocycles. The van der Waals surface area contributed by atoms with Crippen LogP contribution in [0.15, 0.2) is 48.5 Å². The first-order valence-electron chi connectivity index (χ1n) is 11.6. The molecule has 2 aromatic carbocycles. The Labute approximate surface area is 218 Å². The highest BCUT2D eigenvalue weighted by atomic mass is 35.5. The van der Waals surface area contributed by atoms with Crippen LogP contribution in [0.4, 0.5) is 5.69 Å². The predicted octanol–water partition coefficient (Wildman–Crippen LogP) is 4.87. The molecule has 0 saturated carbocycles. The van der Waals surface area contributed by atoms with Gasteiger partial charge >= 0.3 is 0 Å². The first-order chi connectivity index (χ1) is 16.5. The molecular weight excluding hydrogens is 509 g/mol. The van der Waals surface area contributed by atoms with E-state index in [2.05, 4.69) is 5.32 Å². The number of anilines is 1. The van der Waals surface area contributed by atoms with E-state index in [9.17, 15) is 18.0 Å². The zero-order valence-corrected chi connectivity index (χ0v) is 22.7. The van der Waals surface area contributed by atoms with Gasteiger partial charge in [-0.05, 0) is 49.6 Å². The molecule has 2 rings (SSSR count). The smallest absolute Gasteiger partial charge is 0.242 e. The minimum Gasteiger partial charge on any atom is -0.354 e. The van der Waals surface area contributed by atoms with Crippen molar-refractivity contribution in [3.63, 3.8) is 0 Å². The molecule has 192 valence electrons. The van der Waals surface area contributed by atoms with E-state index in [-0.39, 0.29) is 37.7 Å². The van der Waals surface area contributed by atoms with Crippen molar-refractivity contribution in [2.75, 3.05) is 23.7 Å². The van der Waals surface area contributed by atoms with Crippen molar-refractivity contribution in [2.45, 2.75) is 52.1 Å². The molecule has 0 aliphatic rings. The number of nitrogens with zero attached hydrogens (tertiary/aromatic N) is 2. The molecule has 0 aliphatic heterocycles. The third-order valence-electron chi connectivity index (χ3n) is 5.54. The quantitative estimate of drug-likeness (QED) is 0.366. The maximum absolute atomic E-state index is 13.3. The minimum atomic E-state index is -3.58. The lowest BCUT2D eigenvalue weighted by molar-refractivity contribution is -0.140. The van der Waals surface area contributed by atoms with Crippen molar-refractivity contribution in [3.05, 3.63) is 64.1 Å². The first-order valence-corrected chi connectivity index (χ1v) is 14.2. The van der Waals surface area contributed by atoms with E-state index >= 15 is 0 Å². The monoisotopic (exact) mass is 541 g/mol. The Morgan fingerprint density at radius 2 is 1.77 bits per heavy atom. The molecule has 1 N–H and O–H groups in total. The van der Waals surface area contributed by atoms with Gasteiger partial charge in [0, 0.05) is 36.1 Å². The highest BCUT2D eigenvalue weighted by Crippen LogP contribution is 2.23. The second-order valence-electron chi connectivity index (χ2n) is 8.35. The number of nitrogens with one attached hydrogen (secondary N) is 1. The topological polar surface area (TPSA) is 86.8 Å². The lowest BCUT2D eigenvalue weighted by Crippen LogP contribution is -2.48. The number of unbranched alkanes of at least 4 members (excludes halogenated alkanes) is 1. The zero-order valence-electron chi connectivity index (χ0n) is 20.3. The normalized spacial score (nSPS) is 12.1. The van der Waals surface area contributed by atoms with E-state index in [1.165, 1.54) is 9.21 Å². The van der Waals surface area contributed by atoms with Gasteiger partial charge in [0.2, 0.25) is 21.8 Å². The summed E-state index contributed by atoms with van der Waals surface area (Å²) in [7, 11) is -3.58. The number of carbonyl (C=O) groups excluding carboxylic acids is 2. The SMILES string of the molecule is CCCCNC(=O)[C@H](C)N(Cc1ccccc1Cl)C(=O)CCCN(c1cccc(Cl)c1)S(C)(=O)=O. The fourth-order valence-corrected chi connectivity index (χ4v) is 4.90. The van der Waals surface area contributed by atoms with Crippen LogP contribution in [0.3, 0.4) is 0 Å². The molecule has 0 radical (unpaired) electrons. The van der Waals surface area contributed by atoms with Crippen LogP contribution in [0.25, 0.3) is 0 Å². The number of benzene rings is 2. The lowest BCUT2D eigenvalue weighted by Gasteiger charge is -2.29. The number of amides is 2. The van der Waals surface area contributed by atoms with Gasteiger partial charge in [-0.25, -0.2) is 8.42 Å². The summed E-state index contributed by atoms with van der Waals surface area (Å²) in [6.07, 6.45) is 3.23. The minimum absolute atomic E-state index is 0.0591. The fraction of sp³-hybridized carbons (Fsp3) is 0.440. The van der Waals surface area contributed by atoms with Gasteiger partial charge in [-0.1, -0.05) is 60.8 Å². The maximum Gasteiger partial charge on any atom is 0.242 e. The average molecular weight is 543 g/mol. The molecule has 2 aromatic rings. The van der Waals surface area contributed by atoms with Crippen molar-refractivity contribution < 1.29 is 18.0 Å². The summed E-state index contributed by atoms with van der Waals surface area (Å²) in [6, 6.07) is 13.0. The van der Waals surface area contributed by atoms with Gasteiger partial charge < -0.3 is 10.2 Å². The maximum atomic E-state index is 13.3. The number of carbonyl (C=O) groups is 2. The van der Waals surface area contributed by atoms with E-state index in [4.69, 9.17) is 23.2 Å². The van der Waals surface area contributed by atoms with Crippen LogP contribution >= 0.6 is 23.2 Å². The van der Waals surface area contributed by atoms with Gasteiger partial charge in [-0.15, -0.1) is 0 Å². The van der Waals surface area contributed by atoms with Crippen molar-refractivity contribution in [3.8, 4) is 0 Å². The highest BCUT2D eigenvalue weighted by Gasteiger charge is 2.27. The van der Waals surface area contributed by atoms with Crippen molar-refractivity contribution in [1.29, 1.82) is 0 Å². The largest absolute Gasteiger partial charge is 0.354 e. The summed E-state index contributed by atoms with van der Waals surface area (Å²) in [5.41, 5.74) is 1.16. The molecule has 35 heavy (non-hydrogen) atoms. The molecule has 2 amide bonds. The van der Waals surface area contributed by atoms with E-state index in [0.29, 0.717) is 22.3 Å². The Morgan fingerprint density at radius 1 is 1.06 bits per heavy atom. The second kappa shape index (κ2) is 13.7. The Kier molecular flexibility index (Phi) is 11.3. The van der Waals surface area contributed by atoms with Crippen molar-refractivity contribution >= 4 is 50.7 Å². The second-order valence-corrected chi connectivity index (χ2v) is 11.1. The molecule has 0 fully saturated rings. The molecule has 0 heterocycles. The zero-order chi connectivity index (χ0) is 26.0. The van der Waals surface area contributed by atoms with Gasteiger partial charge in [-0.3, -0.25) is 13.9 Å². The van der Waals surface area contributed by atoms with Gasteiger partial charge in [0.1, 0.15) is 6.04 Å². The number of halogens is 2. The molecule has 0 spiro atoms. The average Bonchev–Trinajstić information content (AvgIpc) is 2.80. The molecule has 1 atom stereocenters. The van der Waals surface area contributed by atoms with Crippen LogP contribution in [-0.2, 0) is 26.2 Å². The van der Waals surface area contributed by atoms with E-state index in [0.717, 1.165) is 24.7 Å². The molecule has 0 unspecified atom stereocenters. The summed E-state index contributed by atoms with van der Waals surface area (Å²) < 4.78 is 26.0. The van der Waals surface area contributed by atoms with Crippen LogP contribution in [-0.4, -0.2) is 50.5 Å². The van der Waals surface area contributed by atoms with Crippen LogP contribution in [0.1, 0.15) is 45.1 Å². The van der Waals surface area contributed by atoms with Crippen LogP contribution in [0.2, 0.25) is 10.0 Å². The van der Waals surface area contributed by atoms with Gasteiger partial charge in [0.15, 0.2) is 0 Å².